The molecule has 0 aliphatic heterocycles. The van der Waals surface area contributed by atoms with Crippen LogP contribution in [0.15, 0.2) is 39.3 Å². The summed E-state index contributed by atoms with van der Waals surface area (Å²) in [5.41, 5.74) is 14.5. The Hall–Kier alpha value is -1.92. The summed E-state index contributed by atoms with van der Waals surface area (Å²) in [7, 11) is 0. The van der Waals surface area contributed by atoms with E-state index in [1.807, 2.05) is 6.07 Å². The van der Waals surface area contributed by atoms with Crippen LogP contribution in [0.2, 0.25) is 0 Å². The zero-order valence-electron chi connectivity index (χ0n) is 20.6. The highest BCUT2D eigenvalue weighted by Gasteiger charge is 2.58. The molecule has 6 heteroatoms. The van der Waals surface area contributed by atoms with Gasteiger partial charge in [0.1, 0.15) is 12.1 Å². The standard InChI is InChI=1S/C28H40N2O4/c1-27-12-9-19(34-26(32)24(30)11-14-29)15-18(27)4-5-20-22-7-6-21(17-3-8-25(31)33-16-17)28(22,2)13-10-23(20)27/h3,7-8,16,18-21,23-24H,4-6,9-15,29-30H2,1-2H3/t18-,19+,20+,21-,23+,24+,27+,28-/m1/s1. The Kier molecular flexibility index (Phi) is 6.26. The number of hydrogen-bond acceptors (Lipinski definition) is 6. The molecule has 186 valence electrons. The minimum Gasteiger partial charge on any atom is -0.461 e. The molecule has 5 rings (SSSR count). The minimum absolute atomic E-state index is 0.0115. The van der Waals surface area contributed by atoms with Crippen LogP contribution >= 0.6 is 0 Å². The van der Waals surface area contributed by atoms with Crippen LogP contribution < -0.4 is 17.1 Å². The number of nitrogens with two attached hydrogens (primary N) is 2. The van der Waals surface area contributed by atoms with Crippen molar-refractivity contribution in [3.05, 3.63) is 46.0 Å². The molecule has 4 N–H and O–H groups in total. The normalized spacial score (nSPS) is 39.9. The summed E-state index contributed by atoms with van der Waals surface area (Å²) in [6, 6.07) is 2.91. The Bertz CT molecular complexity index is 997. The lowest BCUT2D eigenvalue weighted by atomic mass is 9.46. The maximum atomic E-state index is 12.4. The Balaban J connectivity index is 1.29. The fraction of sp³-hybridized carbons (Fsp3) is 0.714. The first-order valence-corrected chi connectivity index (χ1v) is 13.2. The maximum absolute atomic E-state index is 12.4. The van der Waals surface area contributed by atoms with Gasteiger partial charge in [-0.3, -0.25) is 4.79 Å². The van der Waals surface area contributed by atoms with Crippen molar-refractivity contribution in [2.75, 3.05) is 6.54 Å². The SMILES string of the molecule is C[C@]12CC[C@H](OC(=O)[C@@H](N)CCN)C[C@H]1CC[C@H]1C3=CC[C@H](c4ccc(=O)oc4)[C@@]3(C)CC[C@@H]12. The van der Waals surface area contributed by atoms with E-state index < -0.39 is 6.04 Å². The van der Waals surface area contributed by atoms with Crippen molar-refractivity contribution < 1.29 is 13.9 Å². The first kappa shape index (κ1) is 23.8. The first-order chi connectivity index (χ1) is 16.3. The van der Waals surface area contributed by atoms with Gasteiger partial charge >= 0.3 is 11.6 Å². The highest BCUT2D eigenvalue weighted by Crippen LogP contribution is 2.67. The minimum atomic E-state index is -0.607. The van der Waals surface area contributed by atoms with Crippen LogP contribution in [0, 0.1) is 28.6 Å². The van der Waals surface area contributed by atoms with E-state index in [1.54, 1.807) is 17.9 Å². The Morgan fingerprint density at radius 2 is 2.03 bits per heavy atom. The Labute approximate surface area is 202 Å². The number of hydrogen-bond donors (Lipinski definition) is 2. The van der Waals surface area contributed by atoms with Gasteiger partial charge in [0.05, 0.1) is 6.26 Å². The van der Waals surface area contributed by atoms with Gasteiger partial charge in [0.15, 0.2) is 0 Å². The van der Waals surface area contributed by atoms with Crippen LogP contribution in [0.1, 0.15) is 83.1 Å². The molecule has 3 saturated carbocycles. The molecule has 1 heterocycles. The van der Waals surface area contributed by atoms with Crippen LogP contribution in [0.5, 0.6) is 0 Å². The third-order valence-corrected chi connectivity index (χ3v) is 10.2. The quantitative estimate of drug-likeness (QED) is 0.493. The molecule has 8 atom stereocenters. The molecular weight excluding hydrogens is 428 g/mol. The molecule has 0 aromatic carbocycles. The highest BCUT2D eigenvalue weighted by atomic mass is 16.5. The summed E-state index contributed by atoms with van der Waals surface area (Å²) in [5, 5.41) is 0. The smallest absolute Gasteiger partial charge is 0.335 e. The summed E-state index contributed by atoms with van der Waals surface area (Å²) in [6.07, 6.45) is 13.5. The molecule has 0 amide bonds. The number of ether oxygens (including phenoxy) is 1. The van der Waals surface area contributed by atoms with Gasteiger partial charge in [-0.05, 0) is 110 Å². The second-order valence-corrected chi connectivity index (χ2v) is 11.8. The molecule has 0 saturated heterocycles. The molecule has 4 aliphatic rings. The number of fused-ring (bicyclic) bond motifs is 5. The fourth-order valence-electron chi connectivity index (χ4n) is 8.28. The van der Waals surface area contributed by atoms with Crippen molar-refractivity contribution in [2.45, 2.75) is 89.7 Å². The van der Waals surface area contributed by atoms with E-state index >= 15 is 0 Å². The molecular formula is C28H40N2O4. The van der Waals surface area contributed by atoms with Crippen molar-refractivity contribution in [3.8, 4) is 0 Å². The monoisotopic (exact) mass is 468 g/mol. The molecule has 0 bridgehead atoms. The van der Waals surface area contributed by atoms with E-state index in [9.17, 15) is 9.59 Å². The molecule has 0 radical (unpaired) electrons. The lowest BCUT2D eigenvalue weighted by Gasteiger charge is -2.59. The van der Waals surface area contributed by atoms with Gasteiger partial charge in [0.2, 0.25) is 0 Å². The number of allylic oxidation sites excluding steroid dienone is 2. The summed E-state index contributed by atoms with van der Waals surface area (Å²) < 4.78 is 11.1. The Morgan fingerprint density at radius 1 is 1.21 bits per heavy atom. The van der Waals surface area contributed by atoms with Gasteiger partial charge in [-0.25, -0.2) is 4.79 Å². The van der Waals surface area contributed by atoms with E-state index in [4.69, 9.17) is 20.6 Å². The molecule has 0 unspecified atom stereocenters. The van der Waals surface area contributed by atoms with Gasteiger partial charge in [0, 0.05) is 6.07 Å². The van der Waals surface area contributed by atoms with Crippen molar-refractivity contribution in [1.82, 2.24) is 0 Å². The van der Waals surface area contributed by atoms with Crippen LogP contribution in [0.3, 0.4) is 0 Å². The van der Waals surface area contributed by atoms with Gasteiger partial charge in [-0.1, -0.05) is 25.5 Å². The highest BCUT2D eigenvalue weighted by molar-refractivity contribution is 5.75. The summed E-state index contributed by atoms with van der Waals surface area (Å²) in [6.45, 7) is 5.35. The van der Waals surface area contributed by atoms with Gasteiger partial charge < -0.3 is 20.6 Å². The third-order valence-electron chi connectivity index (χ3n) is 10.2. The van der Waals surface area contributed by atoms with Crippen molar-refractivity contribution >= 4 is 5.97 Å². The predicted octanol–water partition coefficient (Wildman–Crippen LogP) is 4.27. The van der Waals surface area contributed by atoms with Crippen LogP contribution in [0.25, 0.3) is 0 Å². The largest absolute Gasteiger partial charge is 0.461 e. The number of carbonyl (C=O) groups excluding carboxylic acids is 1. The first-order valence-electron chi connectivity index (χ1n) is 13.2. The van der Waals surface area contributed by atoms with Gasteiger partial charge in [-0.2, -0.15) is 0 Å². The Morgan fingerprint density at radius 3 is 2.76 bits per heavy atom. The van der Waals surface area contributed by atoms with Crippen molar-refractivity contribution in [2.24, 2.45) is 40.1 Å². The molecule has 1 aromatic rings. The maximum Gasteiger partial charge on any atom is 0.335 e. The summed E-state index contributed by atoms with van der Waals surface area (Å²) >= 11 is 0. The zero-order valence-corrected chi connectivity index (χ0v) is 20.6. The number of carbonyl (C=O) groups is 1. The van der Waals surface area contributed by atoms with Gasteiger partial charge in [0.25, 0.3) is 0 Å². The lowest BCUT2D eigenvalue weighted by molar-refractivity contribution is -0.159. The van der Waals surface area contributed by atoms with Gasteiger partial charge in [-0.15, -0.1) is 0 Å². The lowest BCUT2D eigenvalue weighted by Crippen LogP contribution is -2.52. The second kappa shape index (κ2) is 8.94. The topological polar surface area (TPSA) is 109 Å². The molecule has 0 spiro atoms. The average Bonchev–Trinajstić information content (AvgIpc) is 3.17. The number of rotatable bonds is 5. The molecule has 34 heavy (non-hydrogen) atoms. The van der Waals surface area contributed by atoms with E-state index in [0.29, 0.717) is 42.1 Å². The summed E-state index contributed by atoms with van der Waals surface area (Å²) in [5.74, 6) is 2.02. The van der Waals surface area contributed by atoms with E-state index in [-0.39, 0.29) is 23.1 Å². The zero-order chi connectivity index (χ0) is 24.1. The summed E-state index contributed by atoms with van der Waals surface area (Å²) in [4.78, 5) is 23.8. The fourth-order valence-corrected chi connectivity index (χ4v) is 8.28. The van der Waals surface area contributed by atoms with E-state index in [1.165, 1.54) is 25.7 Å². The molecule has 3 fully saturated rings. The van der Waals surface area contributed by atoms with E-state index in [0.717, 1.165) is 31.2 Å². The average molecular weight is 469 g/mol. The predicted molar refractivity (Wildman–Crippen MR) is 131 cm³/mol. The molecule has 1 aromatic heterocycles. The van der Waals surface area contributed by atoms with Crippen LogP contribution in [-0.4, -0.2) is 24.7 Å². The molecule has 6 nitrogen and oxygen atoms in total. The molecule has 4 aliphatic carbocycles. The van der Waals surface area contributed by atoms with E-state index in [2.05, 4.69) is 19.9 Å². The third kappa shape index (κ3) is 3.87. The van der Waals surface area contributed by atoms with Crippen LogP contribution in [0.4, 0.5) is 0 Å². The second-order valence-electron chi connectivity index (χ2n) is 11.8. The van der Waals surface area contributed by atoms with Crippen molar-refractivity contribution in [3.63, 3.8) is 0 Å². The number of esters is 1. The van der Waals surface area contributed by atoms with Crippen molar-refractivity contribution in [1.29, 1.82) is 0 Å². The van der Waals surface area contributed by atoms with Crippen LogP contribution in [-0.2, 0) is 9.53 Å².